The highest BCUT2D eigenvalue weighted by Crippen LogP contribution is 2.52. The number of aliphatic hydroxyl groups excluding tert-OH is 1. The summed E-state index contributed by atoms with van der Waals surface area (Å²) in [4.78, 5) is 0. The standard InChI is InChI=1S/C16H14Cl2O2/c17-16(18)11-15(20-14(16)19,12-7-3-1-4-8-12)13-9-5-2-6-10-13/h1-10,14,19H,11H2/t14-/m1/s1. The second kappa shape index (κ2) is 5.05. The highest BCUT2D eigenvalue weighted by Gasteiger charge is 2.55. The number of halogens is 2. The van der Waals surface area contributed by atoms with Gasteiger partial charge in [0.15, 0.2) is 10.6 Å². The van der Waals surface area contributed by atoms with E-state index >= 15 is 0 Å². The van der Waals surface area contributed by atoms with Gasteiger partial charge in [0.2, 0.25) is 0 Å². The normalized spacial score (nSPS) is 23.6. The van der Waals surface area contributed by atoms with Crippen LogP contribution in [0.2, 0.25) is 0 Å². The average molecular weight is 309 g/mol. The molecule has 1 atom stereocenters. The molecular weight excluding hydrogens is 295 g/mol. The molecule has 4 heteroatoms. The Hall–Kier alpha value is -1.06. The number of hydrogen-bond donors (Lipinski definition) is 1. The van der Waals surface area contributed by atoms with Crippen LogP contribution >= 0.6 is 23.2 Å². The zero-order valence-corrected chi connectivity index (χ0v) is 12.2. The summed E-state index contributed by atoms with van der Waals surface area (Å²) < 4.78 is 4.50. The largest absolute Gasteiger partial charge is 0.365 e. The molecule has 0 bridgehead atoms. The van der Waals surface area contributed by atoms with Gasteiger partial charge in [0.05, 0.1) is 0 Å². The summed E-state index contributed by atoms with van der Waals surface area (Å²) in [6, 6.07) is 19.4. The van der Waals surface area contributed by atoms with Crippen LogP contribution in [0.3, 0.4) is 0 Å². The van der Waals surface area contributed by atoms with Gasteiger partial charge in [0.1, 0.15) is 5.60 Å². The maximum absolute atomic E-state index is 10.0. The van der Waals surface area contributed by atoms with Gasteiger partial charge in [-0.1, -0.05) is 83.9 Å². The Kier molecular flexibility index (Phi) is 3.51. The van der Waals surface area contributed by atoms with Crippen LogP contribution in [0.1, 0.15) is 17.5 Å². The molecular formula is C16H14Cl2O2. The van der Waals surface area contributed by atoms with Crippen LogP contribution in [0, 0.1) is 0 Å². The minimum Gasteiger partial charge on any atom is -0.365 e. The van der Waals surface area contributed by atoms with Crippen molar-refractivity contribution >= 4 is 23.2 Å². The maximum atomic E-state index is 10.0. The van der Waals surface area contributed by atoms with E-state index in [1.807, 2.05) is 60.7 Å². The fourth-order valence-corrected chi connectivity index (χ4v) is 3.12. The van der Waals surface area contributed by atoms with E-state index in [9.17, 15) is 5.11 Å². The first kappa shape index (κ1) is 13.9. The van der Waals surface area contributed by atoms with Gasteiger partial charge in [-0.2, -0.15) is 0 Å². The summed E-state index contributed by atoms with van der Waals surface area (Å²) in [6.45, 7) is 0. The molecule has 0 radical (unpaired) electrons. The molecule has 1 saturated heterocycles. The number of hydrogen-bond acceptors (Lipinski definition) is 2. The van der Waals surface area contributed by atoms with Crippen molar-refractivity contribution in [3.8, 4) is 0 Å². The highest BCUT2D eigenvalue weighted by molar-refractivity contribution is 6.49. The molecule has 1 heterocycles. The molecule has 0 saturated carbocycles. The Labute approximate surface area is 127 Å². The van der Waals surface area contributed by atoms with Gasteiger partial charge in [0, 0.05) is 6.42 Å². The smallest absolute Gasteiger partial charge is 0.189 e. The zero-order valence-electron chi connectivity index (χ0n) is 10.7. The van der Waals surface area contributed by atoms with Crippen LogP contribution in [0.4, 0.5) is 0 Å². The number of rotatable bonds is 2. The third-order valence-electron chi connectivity index (χ3n) is 3.64. The van der Waals surface area contributed by atoms with Crippen LogP contribution in [-0.2, 0) is 10.3 Å². The van der Waals surface area contributed by atoms with Gasteiger partial charge in [-0.3, -0.25) is 0 Å². The lowest BCUT2D eigenvalue weighted by Gasteiger charge is -2.29. The van der Waals surface area contributed by atoms with Gasteiger partial charge in [-0.15, -0.1) is 0 Å². The Bertz CT molecular complexity index is 544. The monoisotopic (exact) mass is 308 g/mol. The molecule has 1 aliphatic heterocycles. The molecule has 2 aromatic carbocycles. The Morgan fingerprint density at radius 1 is 0.900 bits per heavy atom. The number of alkyl halides is 2. The van der Waals surface area contributed by atoms with Crippen LogP contribution in [-0.4, -0.2) is 15.7 Å². The van der Waals surface area contributed by atoms with Crippen molar-refractivity contribution in [2.75, 3.05) is 0 Å². The van der Waals surface area contributed by atoms with Gasteiger partial charge in [0.25, 0.3) is 0 Å². The molecule has 20 heavy (non-hydrogen) atoms. The van der Waals surface area contributed by atoms with Crippen molar-refractivity contribution in [2.24, 2.45) is 0 Å². The second-order valence-electron chi connectivity index (χ2n) is 4.97. The topological polar surface area (TPSA) is 29.5 Å². The highest BCUT2D eigenvalue weighted by atomic mass is 35.5. The van der Waals surface area contributed by atoms with E-state index in [4.69, 9.17) is 27.9 Å². The average Bonchev–Trinajstić information content (AvgIpc) is 2.72. The lowest BCUT2D eigenvalue weighted by atomic mass is 9.84. The molecule has 0 unspecified atom stereocenters. The predicted octanol–water partition coefficient (Wildman–Crippen LogP) is 3.84. The van der Waals surface area contributed by atoms with Crippen molar-refractivity contribution in [1.82, 2.24) is 0 Å². The van der Waals surface area contributed by atoms with Crippen molar-refractivity contribution in [3.05, 3.63) is 71.8 Å². The Balaban J connectivity index is 2.16. The minimum absolute atomic E-state index is 0.290. The van der Waals surface area contributed by atoms with Crippen LogP contribution in [0.15, 0.2) is 60.7 Å². The fourth-order valence-electron chi connectivity index (χ4n) is 2.66. The lowest BCUT2D eigenvalue weighted by molar-refractivity contribution is -0.126. The van der Waals surface area contributed by atoms with Crippen molar-refractivity contribution in [2.45, 2.75) is 22.6 Å². The third-order valence-corrected chi connectivity index (χ3v) is 4.28. The first-order chi connectivity index (χ1) is 9.55. The van der Waals surface area contributed by atoms with E-state index in [0.717, 1.165) is 11.1 Å². The molecule has 1 fully saturated rings. The molecule has 1 aliphatic rings. The fraction of sp³-hybridized carbons (Fsp3) is 0.250. The van der Waals surface area contributed by atoms with Crippen molar-refractivity contribution < 1.29 is 9.84 Å². The van der Waals surface area contributed by atoms with Crippen LogP contribution in [0.25, 0.3) is 0 Å². The quantitative estimate of drug-likeness (QED) is 0.854. The lowest BCUT2D eigenvalue weighted by Crippen LogP contribution is -2.27. The Morgan fingerprint density at radius 3 is 1.70 bits per heavy atom. The van der Waals surface area contributed by atoms with Gasteiger partial charge >= 0.3 is 0 Å². The molecule has 0 spiro atoms. The summed E-state index contributed by atoms with van der Waals surface area (Å²) in [5, 5.41) is 10.0. The van der Waals surface area contributed by atoms with Crippen LogP contribution in [0.5, 0.6) is 0 Å². The number of benzene rings is 2. The maximum Gasteiger partial charge on any atom is 0.189 e. The molecule has 3 rings (SSSR count). The van der Waals surface area contributed by atoms with Gasteiger partial charge in [-0.25, -0.2) is 0 Å². The SMILES string of the molecule is O[C@@H]1OC(c2ccccc2)(c2ccccc2)CC1(Cl)Cl. The van der Waals surface area contributed by atoms with Crippen LogP contribution < -0.4 is 0 Å². The summed E-state index contributed by atoms with van der Waals surface area (Å²) in [5.74, 6) is 0. The van der Waals surface area contributed by atoms with E-state index in [0.29, 0.717) is 0 Å². The van der Waals surface area contributed by atoms with Crippen molar-refractivity contribution in [3.63, 3.8) is 0 Å². The third kappa shape index (κ3) is 2.23. The van der Waals surface area contributed by atoms with E-state index in [1.165, 1.54) is 0 Å². The molecule has 0 aliphatic carbocycles. The molecule has 1 N–H and O–H groups in total. The molecule has 0 aromatic heterocycles. The summed E-state index contributed by atoms with van der Waals surface area (Å²) in [7, 11) is 0. The molecule has 0 amide bonds. The van der Waals surface area contributed by atoms with E-state index in [-0.39, 0.29) is 6.42 Å². The molecule has 104 valence electrons. The van der Waals surface area contributed by atoms with E-state index in [1.54, 1.807) is 0 Å². The first-order valence-electron chi connectivity index (χ1n) is 6.39. The predicted molar refractivity (Wildman–Crippen MR) is 79.8 cm³/mol. The number of aliphatic hydroxyl groups is 1. The van der Waals surface area contributed by atoms with Gasteiger partial charge < -0.3 is 9.84 Å². The van der Waals surface area contributed by atoms with E-state index in [2.05, 4.69) is 0 Å². The summed E-state index contributed by atoms with van der Waals surface area (Å²) >= 11 is 12.4. The van der Waals surface area contributed by atoms with Gasteiger partial charge in [-0.05, 0) is 11.1 Å². The Morgan fingerprint density at radius 2 is 1.35 bits per heavy atom. The van der Waals surface area contributed by atoms with Crippen molar-refractivity contribution in [1.29, 1.82) is 0 Å². The zero-order chi connectivity index (χ0) is 14.2. The number of ether oxygens (including phenoxy) is 1. The minimum atomic E-state index is -1.33. The first-order valence-corrected chi connectivity index (χ1v) is 7.15. The summed E-state index contributed by atoms with van der Waals surface area (Å²) in [6.07, 6.45) is -0.940. The second-order valence-corrected chi connectivity index (χ2v) is 6.51. The van der Waals surface area contributed by atoms with E-state index < -0.39 is 16.2 Å². The summed E-state index contributed by atoms with van der Waals surface area (Å²) in [5.41, 5.74) is 1.02. The molecule has 2 aromatic rings. The molecule has 2 nitrogen and oxygen atoms in total.